The number of hydrogen-bond acceptors (Lipinski definition) is 10. The minimum atomic E-state index is -0.642. The Morgan fingerprint density at radius 2 is 1.23 bits per heavy atom. The van der Waals surface area contributed by atoms with Gasteiger partial charge < -0.3 is 30.4 Å². The summed E-state index contributed by atoms with van der Waals surface area (Å²) in [4.78, 5) is 40.7. The molecule has 288 valence electrons. The van der Waals surface area contributed by atoms with E-state index in [1.807, 2.05) is 22.1 Å². The highest BCUT2D eigenvalue weighted by Gasteiger charge is 2.27. The van der Waals surface area contributed by atoms with Crippen LogP contribution in [0.1, 0.15) is 46.4 Å². The molecule has 0 aliphatic carbocycles. The summed E-state index contributed by atoms with van der Waals surface area (Å²) in [5.41, 5.74) is 17.4. The van der Waals surface area contributed by atoms with Crippen LogP contribution in [0.15, 0.2) is 97.8 Å². The minimum Gasteiger partial charge on any atom is -0.394 e. The first-order valence-electron chi connectivity index (χ1n) is 17.8. The number of nitrogens with zero attached hydrogens (tertiary/aromatic N) is 10. The lowest BCUT2D eigenvalue weighted by Crippen LogP contribution is -2.30. The van der Waals surface area contributed by atoms with Crippen molar-refractivity contribution < 1.29 is 28.2 Å². The van der Waals surface area contributed by atoms with Gasteiger partial charge in [0.15, 0.2) is 11.3 Å². The molecule has 5 N–H and O–H groups in total. The van der Waals surface area contributed by atoms with Gasteiger partial charge in [-0.05, 0) is 79.2 Å². The standard InChI is InChI=1S/C20H19FN6O2.C19H15FN6O2/c1-2-14(10-28)26-11-24-18(12-3-5-13(21)6-4-12)19(26)15-7-8-17-23-9-16(20(22)29)27(17)25-15;20-12-3-1-11(2-4-12)17-18(25(10-23-17)13-8-28-9-13)14-5-6-16-22-7-15(19(21)27)26(16)24-14/h3-9,11,14,28H,2,10H2,1H3,(H2,22,29);1-7,10,13H,8-9H2,(H2,21,27)/t14-;/m0./s1. The number of nitrogens with two attached hydrogens (primary N) is 2. The summed E-state index contributed by atoms with van der Waals surface area (Å²) in [7, 11) is 0. The topological polar surface area (TPSA) is 212 Å². The van der Waals surface area contributed by atoms with Crippen LogP contribution in [0.4, 0.5) is 8.78 Å². The Labute approximate surface area is 322 Å². The van der Waals surface area contributed by atoms with E-state index in [9.17, 15) is 23.5 Å². The number of hydrogen-bond donors (Lipinski definition) is 3. The zero-order valence-corrected chi connectivity index (χ0v) is 30.3. The van der Waals surface area contributed by atoms with Crippen molar-refractivity contribution in [2.45, 2.75) is 25.4 Å². The maximum absolute atomic E-state index is 13.4. The van der Waals surface area contributed by atoms with Crippen LogP contribution in [0.25, 0.3) is 56.6 Å². The summed E-state index contributed by atoms with van der Waals surface area (Å²) in [5.74, 6) is -1.92. The number of primary amides is 2. The van der Waals surface area contributed by atoms with Crippen molar-refractivity contribution in [1.29, 1.82) is 0 Å². The Morgan fingerprint density at radius 3 is 1.68 bits per heavy atom. The molecule has 9 rings (SSSR count). The molecular weight excluding hydrogens is 739 g/mol. The number of aromatic nitrogens is 10. The molecule has 8 aromatic rings. The van der Waals surface area contributed by atoms with Gasteiger partial charge in [-0.3, -0.25) is 9.59 Å². The van der Waals surface area contributed by atoms with Crippen LogP contribution in [-0.2, 0) is 4.74 Å². The first kappa shape index (κ1) is 36.8. The van der Waals surface area contributed by atoms with Crippen molar-refractivity contribution >= 4 is 23.1 Å². The number of amides is 2. The number of halogens is 2. The second-order valence-electron chi connectivity index (χ2n) is 13.1. The van der Waals surface area contributed by atoms with Crippen molar-refractivity contribution in [3.05, 3.63) is 121 Å². The average Bonchev–Trinajstić information content (AvgIpc) is 4.00. The Morgan fingerprint density at radius 1 is 0.737 bits per heavy atom. The molecule has 0 radical (unpaired) electrons. The molecule has 16 nitrogen and oxygen atoms in total. The summed E-state index contributed by atoms with van der Waals surface area (Å²) < 4.78 is 38.7. The molecule has 1 saturated heterocycles. The third-order valence-corrected chi connectivity index (χ3v) is 9.63. The lowest BCUT2D eigenvalue weighted by Gasteiger charge is -2.28. The average molecular weight is 773 g/mol. The highest BCUT2D eigenvalue weighted by atomic mass is 19.1. The Bertz CT molecular complexity index is 2750. The normalized spacial score (nSPS) is 13.3. The summed E-state index contributed by atoms with van der Waals surface area (Å²) in [6.07, 6.45) is 6.80. The number of ether oxygens (including phenoxy) is 1. The Hall–Kier alpha value is -7.18. The van der Waals surface area contributed by atoms with E-state index in [1.54, 1.807) is 55.1 Å². The van der Waals surface area contributed by atoms with E-state index in [0.29, 0.717) is 65.0 Å². The van der Waals surface area contributed by atoms with Crippen molar-refractivity contribution in [2.24, 2.45) is 11.5 Å². The third kappa shape index (κ3) is 6.87. The van der Waals surface area contributed by atoms with Gasteiger partial charge in [0.25, 0.3) is 11.8 Å². The van der Waals surface area contributed by atoms with Gasteiger partial charge in [0, 0.05) is 11.1 Å². The number of carbonyl (C=O) groups excluding carboxylic acids is 2. The van der Waals surface area contributed by atoms with Gasteiger partial charge in [-0.15, -0.1) is 0 Å². The van der Waals surface area contributed by atoms with Crippen LogP contribution in [-0.4, -0.2) is 85.0 Å². The molecule has 0 bridgehead atoms. The van der Waals surface area contributed by atoms with E-state index in [-0.39, 0.29) is 41.7 Å². The molecule has 18 heteroatoms. The molecule has 2 aromatic carbocycles. The molecule has 57 heavy (non-hydrogen) atoms. The number of benzene rings is 2. The maximum atomic E-state index is 13.4. The predicted molar refractivity (Wildman–Crippen MR) is 203 cm³/mol. The van der Waals surface area contributed by atoms with E-state index < -0.39 is 11.8 Å². The molecule has 0 saturated carbocycles. The molecule has 0 unspecified atom stereocenters. The molecule has 1 atom stereocenters. The number of imidazole rings is 4. The monoisotopic (exact) mass is 772 g/mol. The molecule has 2 amide bonds. The van der Waals surface area contributed by atoms with Crippen molar-refractivity contribution in [1.82, 2.24) is 48.3 Å². The number of aliphatic hydroxyl groups is 1. The summed E-state index contributed by atoms with van der Waals surface area (Å²) in [5, 5.41) is 19.0. The quantitative estimate of drug-likeness (QED) is 0.177. The second kappa shape index (κ2) is 15.2. The maximum Gasteiger partial charge on any atom is 0.269 e. The number of fused-ring (bicyclic) bond motifs is 2. The lowest BCUT2D eigenvalue weighted by molar-refractivity contribution is -0.0226. The van der Waals surface area contributed by atoms with Crippen LogP contribution < -0.4 is 11.5 Å². The SMILES string of the molecule is CC[C@@H](CO)n1cnc(-c2ccc(F)cc2)c1-c1ccc2ncc(C(N)=O)n2n1.NC(=O)c1cnc2ccc(-c3c(-c4ccc(F)cc4)ncn3C3COC3)nn12. The fourth-order valence-corrected chi connectivity index (χ4v) is 6.55. The number of rotatable bonds is 10. The van der Waals surface area contributed by atoms with E-state index in [1.165, 1.54) is 45.7 Å². The van der Waals surface area contributed by atoms with Gasteiger partial charge in [-0.25, -0.2) is 37.7 Å². The third-order valence-electron chi connectivity index (χ3n) is 9.63. The van der Waals surface area contributed by atoms with Crippen LogP contribution in [0.3, 0.4) is 0 Å². The predicted octanol–water partition coefficient (Wildman–Crippen LogP) is 4.51. The fraction of sp³-hybridized carbons (Fsp3) is 0.179. The largest absolute Gasteiger partial charge is 0.394 e. The molecule has 1 aliphatic rings. The van der Waals surface area contributed by atoms with E-state index in [4.69, 9.17) is 16.2 Å². The molecule has 0 spiro atoms. The first-order valence-corrected chi connectivity index (χ1v) is 17.8. The van der Waals surface area contributed by atoms with Gasteiger partial charge >= 0.3 is 0 Å². The van der Waals surface area contributed by atoms with E-state index in [0.717, 1.165) is 11.3 Å². The van der Waals surface area contributed by atoms with Gasteiger partial charge in [0.1, 0.15) is 34.4 Å². The van der Waals surface area contributed by atoms with Crippen molar-refractivity contribution in [3.8, 4) is 45.3 Å². The minimum absolute atomic E-state index is 0.0808. The second-order valence-corrected chi connectivity index (χ2v) is 13.1. The van der Waals surface area contributed by atoms with Crippen molar-refractivity contribution in [3.63, 3.8) is 0 Å². The van der Waals surface area contributed by atoms with Gasteiger partial charge in [0.2, 0.25) is 0 Å². The number of aliphatic hydroxyl groups excluding tert-OH is 1. The van der Waals surface area contributed by atoms with E-state index in [2.05, 4.69) is 30.1 Å². The molecular formula is C39H34F2N12O4. The molecule has 6 aromatic heterocycles. The Balaban J connectivity index is 0.000000160. The van der Waals surface area contributed by atoms with Gasteiger partial charge in [-0.1, -0.05) is 6.92 Å². The van der Waals surface area contributed by atoms with E-state index >= 15 is 0 Å². The zero-order chi connectivity index (χ0) is 39.8. The highest BCUT2D eigenvalue weighted by molar-refractivity contribution is 5.92. The lowest BCUT2D eigenvalue weighted by atomic mass is 10.1. The fourth-order valence-electron chi connectivity index (χ4n) is 6.55. The molecule has 1 aliphatic heterocycles. The summed E-state index contributed by atoms with van der Waals surface area (Å²) in [6.45, 7) is 3.03. The molecule has 7 heterocycles. The van der Waals surface area contributed by atoms with Crippen molar-refractivity contribution in [2.75, 3.05) is 19.8 Å². The zero-order valence-electron chi connectivity index (χ0n) is 30.3. The van der Waals surface area contributed by atoms with Crippen LogP contribution in [0.2, 0.25) is 0 Å². The first-order chi connectivity index (χ1) is 27.6. The Kier molecular flexibility index (Phi) is 9.78. The van der Waals surface area contributed by atoms with Crippen LogP contribution >= 0.6 is 0 Å². The number of carbonyl (C=O) groups is 2. The van der Waals surface area contributed by atoms with Gasteiger partial charge in [-0.2, -0.15) is 10.2 Å². The smallest absolute Gasteiger partial charge is 0.269 e. The summed E-state index contributed by atoms with van der Waals surface area (Å²) >= 11 is 0. The highest BCUT2D eigenvalue weighted by Crippen LogP contribution is 2.35. The molecule has 1 fully saturated rings. The van der Waals surface area contributed by atoms with Gasteiger partial charge in [0.05, 0.1) is 79.7 Å². The van der Waals surface area contributed by atoms with Crippen LogP contribution in [0, 0.1) is 11.6 Å². The summed E-state index contributed by atoms with van der Waals surface area (Å²) in [6, 6.07) is 19.1. The van der Waals surface area contributed by atoms with Crippen LogP contribution in [0.5, 0.6) is 0 Å².